The van der Waals surface area contributed by atoms with Crippen LogP contribution in [0.1, 0.15) is 39.0 Å². The van der Waals surface area contributed by atoms with Crippen LogP contribution in [0.25, 0.3) is 0 Å². The molecule has 0 spiro atoms. The SMILES string of the molecule is CCCCCC/C=C(\C(N)=O)C(=O)O. The summed E-state index contributed by atoms with van der Waals surface area (Å²) in [5, 5.41) is 8.58. The van der Waals surface area contributed by atoms with Crippen molar-refractivity contribution in [3.05, 3.63) is 11.6 Å². The first-order valence-electron chi connectivity index (χ1n) is 4.82. The van der Waals surface area contributed by atoms with Crippen molar-refractivity contribution in [1.82, 2.24) is 0 Å². The lowest BCUT2D eigenvalue weighted by Crippen LogP contribution is -2.20. The number of hydrogen-bond donors (Lipinski definition) is 2. The molecule has 0 aromatic rings. The molecule has 0 saturated carbocycles. The minimum absolute atomic E-state index is 0.304. The van der Waals surface area contributed by atoms with E-state index in [2.05, 4.69) is 6.92 Å². The zero-order valence-corrected chi connectivity index (χ0v) is 8.45. The van der Waals surface area contributed by atoms with Gasteiger partial charge in [-0.25, -0.2) is 4.79 Å². The van der Waals surface area contributed by atoms with E-state index in [0.29, 0.717) is 6.42 Å². The summed E-state index contributed by atoms with van der Waals surface area (Å²) in [5.41, 5.74) is 4.59. The molecule has 0 atom stereocenters. The maximum absolute atomic E-state index is 10.6. The summed E-state index contributed by atoms with van der Waals surface area (Å²) in [7, 11) is 0. The first kappa shape index (κ1) is 12.7. The Morgan fingerprint density at radius 1 is 1.29 bits per heavy atom. The number of primary amides is 1. The van der Waals surface area contributed by atoms with E-state index in [4.69, 9.17) is 10.8 Å². The summed E-state index contributed by atoms with van der Waals surface area (Å²) in [5.74, 6) is -2.11. The molecule has 0 bridgehead atoms. The molecule has 0 unspecified atom stereocenters. The van der Waals surface area contributed by atoms with Gasteiger partial charge in [-0.15, -0.1) is 0 Å². The molecular formula is C10H17NO3. The maximum atomic E-state index is 10.6. The Kier molecular flexibility index (Phi) is 6.45. The molecule has 4 nitrogen and oxygen atoms in total. The van der Waals surface area contributed by atoms with E-state index in [1.54, 1.807) is 0 Å². The third-order valence-electron chi connectivity index (χ3n) is 1.90. The second-order valence-electron chi connectivity index (χ2n) is 3.14. The number of hydrogen-bond acceptors (Lipinski definition) is 2. The highest BCUT2D eigenvalue weighted by Crippen LogP contribution is 2.05. The monoisotopic (exact) mass is 199 g/mol. The Morgan fingerprint density at radius 2 is 1.93 bits per heavy atom. The molecule has 0 saturated heterocycles. The van der Waals surface area contributed by atoms with Gasteiger partial charge in [-0.1, -0.05) is 32.3 Å². The van der Waals surface area contributed by atoms with Gasteiger partial charge in [-0.3, -0.25) is 4.79 Å². The molecule has 1 amide bonds. The van der Waals surface area contributed by atoms with Crippen LogP contribution in [0.5, 0.6) is 0 Å². The van der Waals surface area contributed by atoms with Crippen molar-refractivity contribution in [2.24, 2.45) is 5.73 Å². The Labute approximate surface area is 83.8 Å². The molecule has 14 heavy (non-hydrogen) atoms. The van der Waals surface area contributed by atoms with E-state index in [9.17, 15) is 9.59 Å². The van der Waals surface area contributed by atoms with Gasteiger partial charge in [0.25, 0.3) is 5.91 Å². The molecule has 0 rings (SSSR count). The van der Waals surface area contributed by atoms with Crippen molar-refractivity contribution in [2.45, 2.75) is 39.0 Å². The largest absolute Gasteiger partial charge is 0.478 e. The van der Waals surface area contributed by atoms with Crippen LogP contribution >= 0.6 is 0 Å². The highest BCUT2D eigenvalue weighted by atomic mass is 16.4. The van der Waals surface area contributed by atoms with Crippen LogP contribution < -0.4 is 5.73 Å². The topological polar surface area (TPSA) is 80.4 Å². The van der Waals surface area contributed by atoms with Gasteiger partial charge < -0.3 is 10.8 Å². The fraction of sp³-hybridized carbons (Fsp3) is 0.600. The third kappa shape index (κ3) is 5.35. The van der Waals surface area contributed by atoms with Gasteiger partial charge in [-0.05, 0) is 12.8 Å². The number of allylic oxidation sites excluding steroid dienone is 1. The van der Waals surface area contributed by atoms with Crippen molar-refractivity contribution in [2.75, 3.05) is 0 Å². The molecule has 0 fully saturated rings. The smallest absolute Gasteiger partial charge is 0.340 e. The first-order valence-corrected chi connectivity index (χ1v) is 4.82. The normalized spacial score (nSPS) is 11.4. The van der Waals surface area contributed by atoms with E-state index in [1.165, 1.54) is 6.08 Å². The average molecular weight is 199 g/mol. The lowest BCUT2D eigenvalue weighted by molar-refractivity contribution is -0.134. The first-order chi connectivity index (χ1) is 6.59. The van der Waals surface area contributed by atoms with Gasteiger partial charge in [0.1, 0.15) is 5.57 Å². The fourth-order valence-corrected chi connectivity index (χ4v) is 1.11. The molecule has 0 aliphatic rings. The standard InChI is InChI=1S/C10H17NO3/c1-2-3-4-5-6-7-8(9(11)12)10(13)14/h7H,2-6H2,1H3,(H2,11,12)(H,13,14)/b8-7+. The molecule has 0 aliphatic heterocycles. The number of carboxylic acids is 1. The van der Waals surface area contributed by atoms with E-state index < -0.39 is 11.9 Å². The van der Waals surface area contributed by atoms with E-state index in [-0.39, 0.29) is 5.57 Å². The number of unbranched alkanes of at least 4 members (excludes halogenated alkanes) is 4. The Hall–Kier alpha value is -1.32. The van der Waals surface area contributed by atoms with Gasteiger partial charge in [0.05, 0.1) is 0 Å². The lowest BCUT2D eigenvalue weighted by atomic mass is 10.1. The number of rotatable bonds is 7. The Balaban J connectivity index is 3.93. The van der Waals surface area contributed by atoms with Crippen LogP contribution in [0.3, 0.4) is 0 Å². The number of carboxylic acid groups (broad SMARTS) is 1. The van der Waals surface area contributed by atoms with Crippen LogP contribution in [0.2, 0.25) is 0 Å². The summed E-state index contributed by atoms with van der Waals surface area (Å²) < 4.78 is 0. The maximum Gasteiger partial charge on any atom is 0.340 e. The molecule has 0 aromatic heterocycles. The zero-order valence-electron chi connectivity index (χ0n) is 8.45. The molecule has 0 radical (unpaired) electrons. The van der Waals surface area contributed by atoms with E-state index >= 15 is 0 Å². The molecule has 0 aromatic carbocycles. The number of carbonyl (C=O) groups excluding carboxylic acids is 1. The van der Waals surface area contributed by atoms with Crippen LogP contribution in [0.15, 0.2) is 11.6 Å². The predicted octanol–water partition coefficient (Wildman–Crippen LogP) is 1.45. The summed E-state index contributed by atoms with van der Waals surface area (Å²) in [6, 6.07) is 0. The van der Waals surface area contributed by atoms with Gasteiger partial charge >= 0.3 is 5.97 Å². The zero-order chi connectivity index (χ0) is 11.0. The van der Waals surface area contributed by atoms with Crippen molar-refractivity contribution >= 4 is 11.9 Å². The number of nitrogens with two attached hydrogens (primary N) is 1. The summed E-state index contributed by atoms with van der Waals surface area (Å²) in [4.78, 5) is 21.1. The molecule has 0 heterocycles. The van der Waals surface area contributed by atoms with E-state index in [1.807, 2.05) is 0 Å². The second kappa shape index (κ2) is 7.12. The summed E-state index contributed by atoms with van der Waals surface area (Å²) in [6.45, 7) is 2.10. The average Bonchev–Trinajstić information content (AvgIpc) is 2.09. The van der Waals surface area contributed by atoms with Gasteiger partial charge in [-0.2, -0.15) is 0 Å². The van der Waals surface area contributed by atoms with Crippen molar-refractivity contribution < 1.29 is 14.7 Å². The minimum Gasteiger partial charge on any atom is -0.478 e. The van der Waals surface area contributed by atoms with Gasteiger partial charge in [0.15, 0.2) is 0 Å². The fourth-order valence-electron chi connectivity index (χ4n) is 1.11. The molecule has 4 heteroatoms. The second-order valence-corrected chi connectivity index (χ2v) is 3.14. The number of aliphatic carboxylic acids is 1. The third-order valence-corrected chi connectivity index (χ3v) is 1.90. The van der Waals surface area contributed by atoms with Crippen molar-refractivity contribution in [3.63, 3.8) is 0 Å². The lowest BCUT2D eigenvalue weighted by Gasteiger charge is -1.97. The molecule has 80 valence electrons. The highest BCUT2D eigenvalue weighted by Gasteiger charge is 2.12. The Bertz CT molecular complexity index is 218. The van der Waals surface area contributed by atoms with Crippen LogP contribution in [-0.4, -0.2) is 17.0 Å². The quantitative estimate of drug-likeness (QED) is 0.282. The Morgan fingerprint density at radius 3 is 2.36 bits per heavy atom. The molecular weight excluding hydrogens is 182 g/mol. The van der Waals surface area contributed by atoms with E-state index in [0.717, 1.165) is 25.7 Å². The van der Waals surface area contributed by atoms with Crippen LogP contribution in [0, 0.1) is 0 Å². The van der Waals surface area contributed by atoms with Gasteiger partial charge in [0, 0.05) is 0 Å². The van der Waals surface area contributed by atoms with Gasteiger partial charge in [0.2, 0.25) is 0 Å². The molecule has 3 N–H and O–H groups in total. The van der Waals surface area contributed by atoms with Crippen LogP contribution in [-0.2, 0) is 9.59 Å². The predicted molar refractivity (Wildman–Crippen MR) is 53.7 cm³/mol. The minimum atomic E-state index is -1.24. The highest BCUT2D eigenvalue weighted by molar-refractivity contribution is 6.14. The summed E-state index contributed by atoms with van der Waals surface area (Å²) >= 11 is 0. The summed E-state index contributed by atoms with van der Waals surface area (Å²) in [6.07, 6.45) is 6.22. The molecule has 0 aliphatic carbocycles. The van der Waals surface area contributed by atoms with Crippen molar-refractivity contribution in [3.8, 4) is 0 Å². The van der Waals surface area contributed by atoms with Crippen LogP contribution in [0.4, 0.5) is 0 Å². The van der Waals surface area contributed by atoms with Crippen molar-refractivity contribution in [1.29, 1.82) is 0 Å². The number of carbonyl (C=O) groups is 2. The number of amides is 1.